The van der Waals surface area contributed by atoms with Crippen LogP contribution in [-0.4, -0.2) is 17.4 Å². The molecule has 78 valence electrons. The average molecular weight is 223 g/mol. The molecule has 0 unspecified atom stereocenters. The number of nitrogens with zero attached hydrogens (tertiary/aromatic N) is 1. The number of aromatic nitrogens is 1. The Bertz CT molecular complexity index is 384. The molecule has 3 nitrogen and oxygen atoms in total. The highest BCUT2D eigenvalue weighted by molar-refractivity contribution is 6.29. The molecular weight excluding hydrogens is 212 g/mol. The van der Waals surface area contributed by atoms with Gasteiger partial charge in [-0.25, -0.2) is 4.98 Å². The number of hydrogen-bond acceptors (Lipinski definition) is 2. The fourth-order valence-corrected chi connectivity index (χ4v) is 1.21. The monoisotopic (exact) mass is 222 g/mol. The van der Waals surface area contributed by atoms with E-state index in [1.807, 2.05) is 0 Å². The predicted octanol–water partition coefficient (Wildman–Crippen LogP) is 1.88. The van der Waals surface area contributed by atoms with Crippen LogP contribution in [0.25, 0.3) is 0 Å². The number of pyridine rings is 1. The van der Waals surface area contributed by atoms with E-state index in [0.29, 0.717) is 23.7 Å². The molecule has 0 aliphatic rings. The highest BCUT2D eigenvalue weighted by Gasteiger charge is 2.04. The molecule has 0 aliphatic carbocycles. The van der Waals surface area contributed by atoms with E-state index in [1.165, 1.54) is 12.3 Å². The van der Waals surface area contributed by atoms with Crippen molar-refractivity contribution < 1.29 is 4.79 Å². The largest absolute Gasteiger partial charge is 0.352 e. The summed E-state index contributed by atoms with van der Waals surface area (Å²) in [6.45, 7) is 0.572. The van der Waals surface area contributed by atoms with Gasteiger partial charge in [-0.2, -0.15) is 0 Å². The number of hydrogen-bond donors (Lipinski definition) is 1. The van der Waals surface area contributed by atoms with Crippen LogP contribution in [0.3, 0.4) is 0 Å². The summed E-state index contributed by atoms with van der Waals surface area (Å²) in [6.07, 6.45) is 8.03. The summed E-state index contributed by atoms with van der Waals surface area (Å²) < 4.78 is 0. The van der Waals surface area contributed by atoms with E-state index < -0.39 is 0 Å². The van der Waals surface area contributed by atoms with Gasteiger partial charge in [0.1, 0.15) is 5.15 Å². The van der Waals surface area contributed by atoms with Gasteiger partial charge in [-0.1, -0.05) is 11.6 Å². The van der Waals surface area contributed by atoms with Crippen LogP contribution in [0.1, 0.15) is 23.2 Å². The lowest BCUT2D eigenvalue weighted by Crippen LogP contribution is -2.24. The Morgan fingerprint density at radius 1 is 1.67 bits per heavy atom. The van der Waals surface area contributed by atoms with Crippen molar-refractivity contribution >= 4 is 17.5 Å². The highest BCUT2D eigenvalue weighted by atomic mass is 35.5. The summed E-state index contributed by atoms with van der Waals surface area (Å²) in [5.74, 6) is 2.35. The highest BCUT2D eigenvalue weighted by Crippen LogP contribution is 2.06. The molecule has 1 heterocycles. The number of terminal acetylenes is 1. The summed E-state index contributed by atoms with van der Waals surface area (Å²) in [5.41, 5.74) is 0.510. The first-order chi connectivity index (χ1) is 7.24. The lowest BCUT2D eigenvalue weighted by Gasteiger charge is -2.03. The van der Waals surface area contributed by atoms with Gasteiger partial charge in [0.25, 0.3) is 5.91 Å². The van der Waals surface area contributed by atoms with Crippen molar-refractivity contribution in [3.05, 3.63) is 29.0 Å². The number of rotatable bonds is 4. The Morgan fingerprint density at radius 3 is 3.13 bits per heavy atom. The SMILES string of the molecule is C#CCCCNC(=O)c1ccnc(Cl)c1. The number of halogens is 1. The maximum absolute atomic E-state index is 11.5. The zero-order valence-corrected chi connectivity index (χ0v) is 8.92. The quantitative estimate of drug-likeness (QED) is 0.480. The van der Waals surface area contributed by atoms with Gasteiger partial charge in [-0.05, 0) is 18.6 Å². The molecule has 1 N–H and O–H groups in total. The van der Waals surface area contributed by atoms with Crippen LogP contribution in [-0.2, 0) is 0 Å². The number of carbonyl (C=O) groups is 1. The molecule has 0 atom stereocenters. The van der Waals surface area contributed by atoms with E-state index >= 15 is 0 Å². The summed E-state index contributed by atoms with van der Waals surface area (Å²) in [7, 11) is 0. The number of nitrogens with one attached hydrogen (secondary N) is 1. The molecule has 0 fully saturated rings. The molecule has 15 heavy (non-hydrogen) atoms. The minimum absolute atomic E-state index is 0.156. The summed E-state index contributed by atoms with van der Waals surface area (Å²) in [4.78, 5) is 15.3. The first-order valence-corrected chi connectivity index (χ1v) is 4.95. The Hall–Kier alpha value is -1.53. The van der Waals surface area contributed by atoms with E-state index in [-0.39, 0.29) is 5.91 Å². The van der Waals surface area contributed by atoms with Crippen LogP contribution >= 0.6 is 11.6 Å². The summed E-state index contributed by atoms with van der Waals surface area (Å²) >= 11 is 5.66. The molecular formula is C11H11ClN2O. The van der Waals surface area contributed by atoms with E-state index in [2.05, 4.69) is 16.2 Å². The minimum Gasteiger partial charge on any atom is -0.352 e. The zero-order chi connectivity index (χ0) is 11.1. The van der Waals surface area contributed by atoms with Gasteiger partial charge in [0, 0.05) is 24.7 Å². The molecule has 0 radical (unpaired) electrons. The van der Waals surface area contributed by atoms with Crippen molar-refractivity contribution in [1.82, 2.24) is 10.3 Å². The molecule has 0 bridgehead atoms. The van der Waals surface area contributed by atoms with Crippen LogP contribution in [0.15, 0.2) is 18.3 Å². The Balaban J connectivity index is 2.44. The maximum atomic E-state index is 11.5. The first kappa shape index (κ1) is 11.5. The smallest absolute Gasteiger partial charge is 0.251 e. The van der Waals surface area contributed by atoms with Crippen LogP contribution in [0.2, 0.25) is 5.15 Å². The third-order valence-corrected chi connectivity index (χ3v) is 1.98. The molecule has 1 aromatic rings. The Morgan fingerprint density at radius 2 is 2.47 bits per heavy atom. The second kappa shape index (κ2) is 6.05. The third-order valence-electron chi connectivity index (χ3n) is 1.77. The number of amides is 1. The normalized spacial score (nSPS) is 9.33. The van der Waals surface area contributed by atoms with Gasteiger partial charge < -0.3 is 5.32 Å². The fraction of sp³-hybridized carbons (Fsp3) is 0.273. The standard InChI is InChI=1S/C11H11ClN2O/c1-2-3-4-6-14-11(15)9-5-7-13-10(12)8-9/h1,5,7-8H,3-4,6H2,(H,14,15). The lowest BCUT2D eigenvalue weighted by atomic mass is 10.2. The third kappa shape index (κ3) is 4.01. The molecule has 0 saturated heterocycles. The molecule has 1 aromatic heterocycles. The van der Waals surface area contributed by atoms with Crippen LogP contribution in [0.4, 0.5) is 0 Å². The Labute approximate surface area is 93.9 Å². The van der Waals surface area contributed by atoms with Crippen molar-refractivity contribution in [2.75, 3.05) is 6.54 Å². The van der Waals surface area contributed by atoms with Crippen LogP contribution in [0.5, 0.6) is 0 Å². The topological polar surface area (TPSA) is 42.0 Å². The molecule has 0 aromatic carbocycles. The predicted molar refractivity (Wildman–Crippen MR) is 59.6 cm³/mol. The fourth-order valence-electron chi connectivity index (χ4n) is 1.04. The molecule has 0 spiro atoms. The van der Waals surface area contributed by atoms with Crippen molar-refractivity contribution in [3.8, 4) is 12.3 Å². The van der Waals surface area contributed by atoms with Gasteiger partial charge in [0.2, 0.25) is 0 Å². The summed E-state index contributed by atoms with van der Waals surface area (Å²) in [6, 6.07) is 3.14. The molecule has 0 aliphatic heterocycles. The number of unbranched alkanes of at least 4 members (excludes halogenated alkanes) is 1. The number of carbonyl (C=O) groups excluding carboxylic acids is 1. The van der Waals surface area contributed by atoms with E-state index in [0.717, 1.165) is 6.42 Å². The second-order valence-corrected chi connectivity index (χ2v) is 3.32. The van der Waals surface area contributed by atoms with Crippen LogP contribution < -0.4 is 5.32 Å². The van der Waals surface area contributed by atoms with Gasteiger partial charge >= 0.3 is 0 Å². The van der Waals surface area contributed by atoms with Gasteiger partial charge in [-0.3, -0.25) is 4.79 Å². The lowest BCUT2D eigenvalue weighted by molar-refractivity contribution is 0.0953. The Kier molecular flexibility index (Phi) is 4.65. The zero-order valence-electron chi connectivity index (χ0n) is 8.16. The van der Waals surface area contributed by atoms with Gasteiger partial charge in [0.15, 0.2) is 0 Å². The molecule has 1 rings (SSSR count). The minimum atomic E-state index is -0.156. The van der Waals surface area contributed by atoms with E-state index in [9.17, 15) is 4.79 Å². The van der Waals surface area contributed by atoms with E-state index in [4.69, 9.17) is 18.0 Å². The molecule has 4 heteroatoms. The molecule has 0 saturated carbocycles. The van der Waals surface area contributed by atoms with Crippen molar-refractivity contribution in [3.63, 3.8) is 0 Å². The van der Waals surface area contributed by atoms with Crippen molar-refractivity contribution in [2.45, 2.75) is 12.8 Å². The van der Waals surface area contributed by atoms with Crippen molar-refractivity contribution in [2.24, 2.45) is 0 Å². The first-order valence-electron chi connectivity index (χ1n) is 4.57. The van der Waals surface area contributed by atoms with Crippen molar-refractivity contribution in [1.29, 1.82) is 0 Å². The summed E-state index contributed by atoms with van der Waals surface area (Å²) in [5, 5.41) is 3.05. The van der Waals surface area contributed by atoms with Gasteiger partial charge in [0.05, 0.1) is 0 Å². The van der Waals surface area contributed by atoms with E-state index in [1.54, 1.807) is 6.07 Å². The molecule has 1 amide bonds. The van der Waals surface area contributed by atoms with Gasteiger partial charge in [-0.15, -0.1) is 12.3 Å². The maximum Gasteiger partial charge on any atom is 0.251 e. The second-order valence-electron chi connectivity index (χ2n) is 2.93. The average Bonchev–Trinajstić information content (AvgIpc) is 2.24. The van der Waals surface area contributed by atoms with Crippen LogP contribution in [0, 0.1) is 12.3 Å².